The molecule has 0 bridgehead atoms. The number of rotatable bonds is 7. The van der Waals surface area contributed by atoms with Crippen molar-refractivity contribution in [3.8, 4) is 5.75 Å². The molecule has 0 fully saturated rings. The summed E-state index contributed by atoms with van der Waals surface area (Å²) in [6.45, 7) is 2.10. The molecule has 3 aromatic carbocycles. The lowest BCUT2D eigenvalue weighted by Crippen LogP contribution is -1.93. The Balaban J connectivity index is 1.93. The van der Waals surface area contributed by atoms with Crippen LogP contribution in [0.15, 0.2) is 54.6 Å². The van der Waals surface area contributed by atoms with Crippen LogP contribution in [0.5, 0.6) is 5.75 Å². The van der Waals surface area contributed by atoms with Crippen molar-refractivity contribution in [1.29, 1.82) is 0 Å². The molecular weight excluding hydrogens is 361 g/mol. The molecule has 0 unspecified atom stereocenters. The lowest BCUT2D eigenvalue weighted by molar-refractivity contribution is 0.414. The van der Waals surface area contributed by atoms with Gasteiger partial charge in [-0.25, -0.2) is 13.2 Å². The Labute approximate surface area is 163 Å². The van der Waals surface area contributed by atoms with E-state index >= 15 is 0 Å². The van der Waals surface area contributed by atoms with Crippen molar-refractivity contribution in [3.63, 3.8) is 0 Å². The molecule has 146 valence electrons. The maximum atomic E-state index is 14.7. The molecule has 0 saturated carbocycles. The fraction of sp³-hybridized carbons (Fsp3) is 0.250. The van der Waals surface area contributed by atoms with Gasteiger partial charge in [0.05, 0.1) is 7.11 Å². The average molecular weight is 384 g/mol. The molecule has 1 nitrogen and oxygen atoms in total. The van der Waals surface area contributed by atoms with Crippen molar-refractivity contribution in [2.75, 3.05) is 7.11 Å². The van der Waals surface area contributed by atoms with Crippen LogP contribution < -0.4 is 4.74 Å². The van der Waals surface area contributed by atoms with E-state index in [1.54, 1.807) is 24.3 Å². The summed E-state index contributed by atoms with van der Waals surface area (Å²) in [4.78, 5) is 0. The van der Waals surface area contributed by atoms with Gasteiger partial charge in [-0.3, -0.25) is 0 Å². The Kier molecular flexibility index (Phi) is 6.40. The van der Waals surface area contributed by atoms with E-state index < -0.39 is 11.7 Å². The smallest absolute Gasteiger partial charge is 0.166 e. The third-order valence-corrected chi connectivity index (χ3v) is 4.87. The molecule has 0 aliphatic carbocycles. The predicted octanol–water partition coefficient (Wildman–Crippen LogP) is 7.49. The molecule has 0 saturated heterocycles. The summed E-state index contributed by atoms with van der Waals surface area (Å²) in [5, 5.41) is 0.974. The van der Waals surface area contributed by atoms with E-state index in [1.807, 2.05) is 0 Å². The highest BCUT2D eigenvalue weighted by atomic mass is 19.2. The van der Waals surface area contributed by atoms with Gasteiger partial charge in [-0.05, 0) is 54.1 Å². The molecule has 0 aliphatic rings. The summed E-state index contributed by atoms with van der Waals surface area (Å²) in [5.41, 5.74) is 0.865. The van der Waals surface area contributed by atoms with Crippen molar-refractivity contribution in [2.45, 2.75) is 32.6 Å². The summed E-state index contributed by atoms with van der Waals surface area (Å²) in [6.07, 6.45) is 3.74. The molecule has 0 heterocycles. The SMILES string of the molecule is CCCCCc1ccc2cc(C(F)=C(F)c3ccc(OC)cc3)ccc2c1F. The molecule has 0 spiro atoms. The van der Waals surface area contributed by atoms with Gasteiger partial charge in [-0.15, -0.1) is 0 Å². The van der Waals surface area contributed by atoms with Crippen molar-refractivity contribution in [1.82, 2.24) is 0 Å². The maximum Gasteiger partial charge on any atom is 0.166 e. The first kappa shape index (κ1) is 20.0. The van der Waals surface area contributed by atoms with E-state index in [4.69, 9.17) is 4.74 Å². The lowest BCUT2D eigenvalue weighted by atomic mass is 9.99. The predicted molar refractivity (Wildman–Crippen MR) is 109 cm³/mol. The minimum Gasteiger partial charge on any atom is -0.497 e. The highest BCUT2D eigenvalue weighted by Crippen LogP contribution is 2.32. The number of hydrogen-bond acceptors (Lipinski definition) is 1. The molecule has 3 rings (SSSR count). The molecular formula is C24H23F3O. The highest BCUT2D eigenvalue weighted by Gasteiger charge is 2.14. The van der Waals surface area contributed by atoms with Crippen LogP contribution in [-0.2, 0) is 6.42 Å². The van der Waals surface area contributed by atoms with Crippen molar-refractivity contribution in [3.05, 3.63) is 77.1 Å². The Bertz CT molecular complexity index is 991. The number of hydrogen-bond donors (Lipinski definition) is 0. The third kappa shape index (κ3) is 4.22. The first-order valence-corrected chi connectivity index (χ1v) is 9.46. The quantitative estimate of drug-likeness (QED) is 0.303. The number of fused-ring (bicyclic) bond motifs is 1. The van der Waals surface area contributed by atoms with Crippen molar-refractivity contribution < 1.29 is 17.9 Å². The topological polar surface area (TPSA) is 9.23 Å². The highest BCUT2D eigenvalue weighted by molar-refractivity contribution is 5.90. The molecule has 0 aliphatic heterocycles. The molecule has 0 N–H and O–H groups in total. The molecule has 0 atom stereocenters. The van der Waals surface area contributed by atoms with Gasteiger partial charge in [0.2, 0.25) is 0 Å². The molecule has 0 amide bonds. The molecule has 28 heavy (non-hydrogen) atoms. The Morgan fingerprint density at radius 2 is 1.54 bits per heavy atom. The zero-order valence-electron chi connectivity index (χ0n) is 16.1. The number of unbranched alkanes of at least 4 members (excludes halogenated alkanes) is 2. The van der Waals surface area contributed by atoms with E-state index in [9.17, 15) is 13.2 Å². The van der Waals surface area contributed by atoms with E-state index in [0.29, 0.717) is 28.5 Å². The van der Waals surface area contributed by atoms with Crippen LogP contribution in [0.4, 0.5) is 13.2 Å². The molecule has 3 aromatic rings. The Morgan fingerprint density at radius 3 is 2.21 bits per heavy atom. The zero-order chi connectivity index (χ0) is 20.1. The normalized spacial score (nSPS) is 12.2. The zero-order valence-corrected chi connectivity index (χ0v) is 16.1. The second kappa shape index (κ2) is 8.96. The fourth-order valence-electron chi connectivity index (χ4n) is 3.22. The van der Waals surface area contributed by atoms with Gasteiger partial charge in [0.25, 0.3) is 0 Å². The van der Waals surface area contributed by atoms with Crippen LogP contribution in [-0.4, -0.2) is 7.11 Å². The fourth-order valence-corrected chi connectivity index (χ4v) is 3.22. The standard InChI is InChI=1S/C24H23F3O/c1-3-4-5-6-16-7-8-18-15-19(11-14-21(18)22(16)25)24(27)23(26)17-9-12-20(28-2)13-10-17/h7-15H,3-6H2,1-2H3. The number of aryl methyl sites for hydroxylation is 1. The molecule has 4 heteroatoms. The van der Waals surface area contributed by atoms with Gasteiger partial charge >= 0.3 is 0 Å². The van der Waals surface area contributed by atoms with E-state index in [1.165, 1.54) is 37.4 Å². The minimum atomic E-state index is -0.973. The maximum absolute atomic E-state index is 14.7. The number of benzene rings is 3. The van der Waals surface area contributed by atoms with Gasteiger partial charge in [0, 0.05) is 16.5 Å². The summed E-state index contributed by atoms with van der Waals surface area (Å²) in [7, 11) is 1.51. The third-order valence-electron chi connectivity index (χ3n) is 4.87. The monoisotopic (exact) mass is 384 g/mol. The van der Waals surface area contributed by atoms with Crippen LogP contribution in [0, 0.1) is 5.82 Å². The van der Waals surface area contributed by atoms with Gasteiger partial charge in [0.1, 0.15) is 11.6 Å². The van der Waals surface area contributed by atoms with Crippen LogP contribution in [0.25, 0.3) is 22.4 Å². The molecule has 0 aromatic heterocycles. The van der Waals surface area contributed by atoms with E-state index in [2.05, 4.69) is 6.92 Å². The first-order chi connectivity index (χ1) is 13.5. The van der Waals surface area contributed by atoms with Crippen LogP contribution >= 0.6 is 0 Å². The summed E-state index contributed by atoms with van der Waals surface area (Å²) in [6, 6.07) is 14.0. The van der Waals surface area contributed by atoms with Gasteiger partial charge in [0.15, 0.2) is 11.7 Å². The minimum absolute atomic E-state index is 0.0824. The Morgan fingerprint density at radius 1 is 0.857 bits per heavy atom. The lowest BCUT2D eigenvalue weighted by Gasteiger charge is -2.09. The first-order valence-electron chi connectivity index (χ1n) is 9.46. The summed E-state index contributed by atoms with van der Waals surface area (Å²) >= 11 is 0. The summed E-state index contributed by atoms with van der Waals surface area (Å²) < 4.78 is 49.0. The average Bonchev–Trinajstić information content (AvgIpc) is 2.74. The van der Waals surface area contributed by atoms with Crippen LogP contribution in [0.3, 0.4) is 0 Å². The van der Waals surface area contributed by atoms with Crippen molar-refractivity contribution >= 4 is 22.4 Å². The number of methoxy groups -OCH3 is 1. The van der Waals surface area contributed by atoms with E-state index in [0.717, 1.165) is 19.3 Å². The van der Waals surface area contributed by atoms with E-state index in [-0.39, 0.29) is 16.9 Å². The Hall–Kier alpha value is -2.75. The van der Waals surface area contributed by atoms with Crippen LogP contribution in [0.2, 0.25) is 0 Å². The number of halogens is 3. The second-order valence-electron chi connectivity index (χ2n) is 6.79. The number of ether oxygens (including phenoxy) is 1. The second-order valence-corrected chi connectivity index (χ2v) is 6.79. The van der Waals surface area contributed by atoms with Gasteiger partial charge in [-0.1, -0.05) is 44.0 Å². The largest absolute Gasteiger partial charge is 0.497 e. The van der Waals surface area contributed by atoms with Crippen molar-refractivity contribution in [2.24, 2.45) is 0 Å². The van der Waals surface area contributed by atoms with Gasteiger partial charge in [-0.2, -0.15) is 0 Å². The van der Waals surface area contributed by atoms with Crippen LogP contribution in [0.1, 0.15) is 42.9 Å². The van der Waals surface area contributed by atoms with Gasteiger partial charge < -0.3 is 4.74 Å². The molecule has 0 radical (unpaired) electrons. The summed E-state index contributed by atoms with van der Waals surface area (Å²) in [5.74, 6) is -1.65.